The van der Waals surface area contributed by atoms with E-state index >= 15 is 0 Å². The van der Waals surface area contributed by atoms with Gasteiger partial charge in [-0.25, -0.2) is 4.79 Å². The van der Waals surface area contributed by atoms with E-state index in [9.17, 15) is 9.59 Å². The van der Waals surface area contributed by atoms with E-state index in [2.05, 4.69) is 19.2 Å². The lowest BCUT2D eigenvalue weighted by Gasteiger charge is -2.38. The van der Waals surface area contributed by atoms with Crippen molar-refractivity contribution in [1.29, 1.82) is 0 Å². The van der Waals surface area contributed by atoms with Gasteiger partial charge in [0.05, 0.1) is 0 Å². The molecule has 0 heterocycles. The summed E-state index contributed by atoms with van der Waals surface area (Å²) >= 11 is 0. The molecule has 0 aliphatic heterocycles. The first-order chi connectivity index (χ1) is 10.6. The lowest BCUT2D eigenvalue weighted by Crippen LogP contribution is -2.45. The molecule has 0 spiro atoms. The normalized spacial score (nSPS) is 14.0. The molecule has 5 heteroatoms. The summed E-state index contributed by atoms with van der Waals surface area (Å²) in [4.78, 5) is 26.2. The van der Waals surface area contributed by atoms with Gasteiger partial charge in [-0.2, -0.15) is 0 Å². The first kappa shape index (κ1) is 21.7. The van der Waals surface area contributed by atoms with Gasteiger partial charge in [0, 0.05) is 26.6 Å². The van der Waals surface area contributed by atoms with Gasteiger partial charge < -0.3 is 15.0 Å². The summed E-state index contributed by atoms with van der Waals surface area (Å²) in [5.41, 5.74) is -0.704. The van der Waals surface area contributed by atoms with E-state index in [0.29, 0.717) is 19.5 Å². The van der Waals surface area contributed by atoms with Gasteiger partial charge in [0.2, 0.25) is 5.91 Å². The summed E-state index contributed by atoms with van der Waals surface area (Å²) in [6.45, 7) is 13.1. The molecule has 0 radical (unpaired) electrons. The molecule has 1 unspecified atom stereocenters. The van der Waals surface area contributed by atoms with Gasteiger partial charge in [-0.1, -0.05) is 27.2 Å². The molecule has 0 aromatic carbocycles. The zero-order chi connectivity index (χ0) is 18.1. The molecule has 0 saturated carbocycles. The van der Waals surface area contributed by atoms with Gasteiger partial charge in [-0.15, -0.1) is 0 Å². The highest BCUT2D eigenvalue weighted by atomic mass is 16.6. The van der Waals surface area contributed by atoms with Crippen molar-refractivity contribution in [1.82, 2.24) is 10.2 Å². The van der Waals surface area contributed by atoms with E-state index < -0.39 is 5.60 Å². The van der Waals surface area contributed by atoms with E-state index in [4.69, 9.17) is 4.74 Å². The van der Waals surface area contributed by atoms with Gasteiger partial charge in [-0.05, 0) is 45.4 Å². The van der Waals surface area contributed by atoms with Gasteiger partial charge >= 0.3 is 6.09 Å². The molecule has 0 rings (SSSR count). The number of amides is 2. The second-order valence-corrected chi connectivity index (χ2v) is 7.36. The molecule has 0 bridgehead atoms. The number of nitrogens with zero attached hydrogens (tertiary/aromatic N) is 1. The molecular formula is C18H36N2O3. The smallest absolute Gasteiger partial charge is 0.410 e. The van der Waals surface area contributed by atoms with Crippen molar-refractivity contribution in [2.75, 3.05) is 20.1 Å². The largest absolute Gasteiger partial charge is 0.444 e. The zero-order valence-corrected chi connectivity index (χ0v) is 16.1. The average molecular weight is 328 g/mol. The molecule has 1 atom stereocenters. The SMILES string of the molecule is CCCN(CC(CC)(CCC)CC(=O)NC)C(=O)OC(C)(C)C. The minimum Gasteiger partial charge on any atom is -0.444 e. The molecule has 23 heavy (non-hydrogen) atoms. The Bertz CT molecular complexity index is 377. The molecular weight excluding hydrogens is 292 g/mol. The maximum Gasteiger partial charge on any atom is 0.410 e. The molecule has 0 aliphatic rings. The molecule has 1 N–H and O–H groups in total. The minimum absolute atomic E-state index is 0.0286. The third-order valence-corrected chi connectivity index (χ3v) is 4.02. The lowest BCUT2D eigenvalue weighted by molar-refractivity contribution is -0.123. The van der Waals surface area contributed by atoms with E-state index in [1.165, 1.54) is 0 Å². The monoisotopic (exact) mass is 328 g/mol. The van der Waals surface area contributed by atoms with Crippen LogP contribution in [-0.4, -0.2) is 42.6 Å². The maximum atomic E-state index is 12.5. The van der Waals surface area contributed by atoms with E-state index in [0.717, 1.165) is 25.7 Å². The van der Waals surface area contributed by atoms with Crippen molar-refractivity contribution >= 4 is 12.0 Å². The van der Waals surface area contributed by atoms with Crippen LogP contribution in [0.5, 0.6) is 0 Å². The van der Waals surface area contributed by atoms with Crippen molar-refractivity contribution in [3.05, 3.63) is 0 Å². The number of carbonyl (C=O) groups is 2. The number of rotatable bonds is 9. The van der Waals surface area contributed by atoms with Crippen LogP contribution in [-0.2, 0) is 9.53 Å². The third-order valence-electron chi connectivity index (χ3n) is 4.02. The van der Waals surface area contributed by atoms with Crippen LogP contribution in [0.3, 0.4) is 0 Å². The van der Waals surface area contributed by atoms with Gasteiger partial charge in [0.25, 0.3) is 0 Å². The highest BCUT2D eigenvalue weighted by molar-refractivity contribution is 5.76. The molecule has 0 aromatic rings. The fourth-order valence-electron chi connectivity index (χ4n) is 2.83. The number of hydrogen-bond donors (Lipinski definition) is 1. The van der Waals surface area contributed by atoms with Crippen LogP contribution >= 0.6 is 0 Å². The summed E-state index contributed by atoms with van der Waals surface area (Å²) < 4.78 is 5.54. The first-order valence-electron chi connectivity index (χ1n) is 8.81. The summed E-state index contributed by atoms with van der Waals surface area (Å²) in [7, 11) is 1.66. The number of nitrogens with one attached hydrogen (secondary N) is 1. The Morgan fingerprint density at radius 1 is 1.09 bits per heavy atom. The summed E-state index contributed by atoms with van der Waals surface area (Å²) in [6, 6.07) is 0. The summed E-state index contributed by atoms with van der Waals surface area (Å²) in [6.07, 6.45) is 3.78. The first-order valence-corrected chi connectivity index (χ1v) is 8.81. The van der Waals surface area contributed by atoms with Crippen LogP contribution in [0.1, 0.15) is 73.6 Å². The topological polar surface area (TPSA) is 58.6 Å². The average Bonchev–Trinajstić information content (AvgIpc) is 2.44. The highest BCUT2D eigenvalue weighted by Gasteiger charge is 2.34. The van der Waals surface area contributed by atoms with Crippen molar-refractivity contribution in [2.24, 2.45) is 5.41 Å². The molecule has 136 valence electrons. The van der Waals surface area contributed by atoms with E-state index in [1.807, 2.05) is 27.7 Å². The van der Waals surface area contributed by atoms with Crippen LogP contribution in [0.2, 0.25) is 0 Å². The Balaban J connectivity index is 5.26. The van der Waals surface area contributed by atoms with Crippen LogP contribution in [0, 0.1) is 5.41 Å². The lowest BCUT2D eigenvalue weighted by atomic mass is 9.77. The van der Waals surface area contributed by atoms with Crippen LogP contribution in [0.4, 0.5) is 4.79 Å². The molecule has 0 fully saturated rings. The summed E-state index contributed by atoms with van der Waals surface area (Å²) in [5.74, 6) is 0.0286. The van der Waals surface area contributed by atoms with Gasteiger partial charge in [0.1, 0.15) is 5.60 Å². The van der Waals surface area contributed by atoms with E-state index in [-0.39, 0.29) is 17.4 Å². The summed E-state index contributed by atoms with van der Waals surface area (Å²) in [5, 5.41) is 2.71. The standard InChI is InChI=1S/C18H36N2O3/c1-8-11-18(10-3,13-15(21)19-7)14-20(12-9-2)16(22)23-17(4,5)6/h8-14H2,1-7H3,(H,19,21). The second kappa shape index (κ2) is 9.78. The van der Waals surface area contributed by atoms with E-state index in [1.54, 1.807) is 11.9 Å². The fraction of sp³-hybridized carbons (Fsp3) is 0.889. The molecule has 2 amide bonds. The minimum atomic E-state index is -0.510. The van der Waals surface area contributed by atoms with Crippen LogP contribution in [0.15, 0.2) is 0 Å². The Morgan fingerprint density at radius 3 is 2.09 bits per heavy atom. The number of ether oxygens (including phenoxy) is 1. The van der Waals surface area contributed by atoms with Crippen LogP contribution in [0.25, 0.3) is 0 Å². The molecule has 0 aromatic heterocycles. The predicted molar refractivity (Wildman–Crippen MR) is 94.4 cm³/mol. The number of hydrogen-bond acceptors (Lipinski definition) is 3. The van der Waals surface area contributed by atoms with Crippen molar-refractivity contribution in [3.63, 3.8) is 0 Å². The van der Waals surface area contributed by atoms with Gasteiger partial charge in [-0.3, -0.25) is 4.79 Å². The van der Waals surface area contributed by atoms with Crippen LogP contribution < -0.4 is 5.32 Å². The Morgan fingerprint density at radius 2 is 1.70 bits per heavy atom. The van der Waals surface area contributed by atoms with Crippen molar-refractivity contribution in [3.8, 4) is 0 Å². The maximum absolute atomic E-state index is 12.5. The Hall–Kier alpha value is -1.26. The van der Waals surface area contributed by atoms with Crippen molar-refractivity contribution in [2.45, 2.75) is 79.2 Å². The Labute approximate surface area is 142 Å². The predicted octanol–water partition coefficient (Wildman–Crippen LogP) is 3.97. The second-order valence-electron chi connectivity index (χ2n) is 7.36. The fourth-order valence-corrected chi connectivity index (χ4v) is 2.83. The quantitative estimate of drug-likeness (QED) is 0.697. The highest BCUT2D eigenvalue weighted by Crippen LogP contribution is 2.34. The Kier molecular flexibility index (Phi) is 9.25. The molecule has 0 saturated heterocycles. The van der Waals surface area contributed by atoms with Gasteiger partial charge in [0.15, 0.2) is 0 Å². The number of carbonyl (C=O) groups excluding carboxylic acids is 2. The van der Waals surface area contributed by atoms with Crippen molar-refractivity contribution < 1.29 is 14.3 Å². The zero-order valence-electron chi connectivity index (χ0n) is 16.1. The third kappa shape index (κ3) is 8.24. The molecule has 0 aliphatic carbocycles. The molecule has 5 nitrogen and oxygen atoms in total.